The van der Waals surface area contributed by atoms with Gasteiger partial charge in [0.1, 0.15) is 0 Å². The highest BCUT2D eigenvalue weighted by molar-refractivity contribution is 5.24. The molecule has 17 heavy (non-hydrogen) atoms. The first kappa shape index (κ1) is 12.6. The molecule has 0 bridgehead atoms. The minimum absolute atomic E-state index is 0.434. The van der Waals surface area contributed by atoms with Gasteiger partial charge in [-0.05, 0) is 55.1 Å². The summed E-state index contributed by atoms with van der Waals surface area (Å²) >= 11 is 0. The van der Waals surface area contributed by atoms with Crippen molar-refractivity contribution in [3.63, 3.8) is 0 Å². The van der Waals surface area contributed by atoms with Crippen LogP contribution in [-0.4, -0.2) is 6.04 Å². The van der Waals surface area contributed by atoms with Crippen LogP contribution in [0.2, 0.25) is 0 Å². The summed E-state index contributed by atoms with van der Waals surface area (Å²) in [4.78, 5) is 0. The average Bonchev–Trinajstić information content (AvgIpc) is 3.09. The van der Waals surface area contributed by atoms with Crippen LogP contribution in [0.5, 0.6) is 0 Å². The van der Waals surface area contributed by atoms with Crippen molar-refractivity contribution in [3.05, 3.63) is 35.4 Å². The van der Waals surface area contributed by atoms with Crippen molar-refractivity contribution < 1.29 is 0 Å². The van der Waals surface area contributed by atoms with Crippen LogP contribution in [0.3, 0.4) is 0 Å². The molecule has 94 valence electrons. The van der Waals surface area contributed by atoms with Crippen molar-refractivity contribution in [2.75, 3.05) is 0 Å². The SMILES string of the molecule is CC(C)Cc1cccc(CCC(N)C2CC2)c1. The van der Waals surface area contributed by atoms with Crippen molar-refractivity contribution in [1.82, 2.24) is 0 Å². The van der Waals surface area contributed by atoms with Crippen molar-refractivity contribution in [1.29, 1.82) is 0 Å². The molecule has 1 saturated carbocycles. The predicted octanol–water partition coefficient (Wildman–Crippen LogP) is 3.56. The van der Waals surface area contributed by atoms with Gasteiger partial charge in [-0.25, -0.2) is 0 Å². The minimum Gasteiger partial charge on any atom is -0.327 e. The lowest BCUT2D eigenvalue weighted by atomic mass is 9.97. The molecule has 1 unspecified atom stereocenters. The van der Waals surface area contributed by atoms with Gasteiger partial charge in [-0.2, -0.15) is 0 Å². The van der Waals surface area contributed by atoms with Gasteiger partial charge < -0.3 is 5.73 Å². The molecule has 1 atom stereocenters. The van der Waals surface area contributed by atoms with Crippen LogP contribution in [0, 0.1) is 11.8 Å². The summed E-state index contributed by atoms with van der Waals surface area (Å²) in [5.41, 5.74) is 9.07. The van der Waals surface area contributed by atoms with Gasteiger partial charge in [0.15, 0.2) is 0 Å². The fourth-order valence-electron chi connectivity index (χ4n) is 2.48. The first-order valence-electron chi connectivity index (χ1n) is 6.98. The van der Waals surface area contributed by atoms with Crippen molar-refractivity contribution in [2.24, 2.45) is 17.6 Å². The highest BCUT2D eigenvalue weighted by Gasteiger charge is 2.27. The number of benzene rings is 1. The third-order valence-electron chi connectivity index (χ3n) is 3.63. The summed E-state index contributed by atoms with van der Waals surface area (Å²) in [5, 5.41) is 0. The first-order chi connectivity index (χ1) is 8.15. The number of hydrogen-bond acceptors (Lipinski definition) is 1. The van der Waals surface area contributed by atoms with Gasteiger partial charge in [0.25, 0.3) is 0 Å². The second-order valence-electron chi connectivity index (χ2n) is 5.96. The predicted molar refractivity (Wildman–Crippen MR) is 74.0 cm³/mol. The lowest BCUT2D eigenvalue weighted by Crippen LogP contribution is -2.22. The molecule has 2 N–H and O–H groups in total. The second-order valence-corrected chi connectivity index (χ2v) is 5.96. The Bertz CT molecular complexity index is 352. The van der Waals surface area contributed by atoms with E-state index in [9.17, 15) is 0 Å². The van der Waals surface area contributed by atoms with E-state index in [1.807, 2.05) is 0 Å². The zero-order valence-electron chi connectivity index (χ0n) is 11.2. The van der Waals surface area contributed by atoms with E-state index in [1.54, 1.807) is 0 Å². The van der Waals surface area contributed by atoms with Gasteiger partial charge in [0.05, 0.1) is 0 Å². The van der Waals surface area contributed by atoms with Gasteiger partial charge in [0, 0.05) is 6.04 Å². The Morgan fingerprint density at radius 3 is 2.59 bits per heavy atom. The molecule has 1 aromatic carbocycles. The molecule has 0 heterocycles. The molecule has 0 saturated heterocycles. The van der Waals surface area contributed by atoms with Gasteiger partial charge in [-0.15, -0.1) is 0 Å². The van der Waals surface area contributed by atoms with Gasteiger partial charge in [0.2, 0.25) is 0 Å². The molecule has 1 nitrogen and oxygen atoms in total. The maximum absolute atomic E-state index is 6.15. The van der Waals surface area contributed by atoms with Gasteiger partial charge in [-0.1, -0.05) is 38.1 Å². The lowest BCUT2D eigenvalue weighted by Gasteiger charge is -2.11. The van der Waals surface area contributed by atoms with Gasteiger partial charge in [-0.3, -0.25) is 0 Å². The lowest BCUT2D eigenvalue weighted by molar-refractivity contribution is 0.550. The van der Waals surface area contributed by atoms with Gasteiger partial charge >= 0.3 is 0 Å². The van der Waals surface area contributed by atoms with Crippen LogP contribution < -0.4 is 5.73 Å². The Hall–Kier alpha value is -0.820. The molecule has 0 amide bonds. The Morgan fingerprint density at radius 1 is 1.24 bits per heavy atom. The third-order valence-corrected chi connectivity index (χ3v) is 3.63. The molecule has 0 radical (unpaired) electrons. The Balaban J connectivity index is 1.86. The number of rotatable bonds is 6. The summed E-state index contributed by atoms with van der Waals surface area (Å²) in [6, 6.07) is 9.46. The zero-order valence-corrected chi connectivity index (χ0v) is 11.2. The smallest absolute Gasteiger partial charge is 0.00703 e. The summed E-state index contributed by atoms with van der Waals surface area (Å²) < 4.78 is 0. The van der Waals surface area contributed by atoms with Crippen molar-refractivity contribution in [3.8, 4) is 0 Å². The molecular formula is C16H25N. The largest absolute Gasteiger partial charge is 0.327 e. The summed E-state index contributed by atoms with van der Waals surface area (Å²) in [7, 11) is 0. The fourth-order valence-corrected chi connectivity index (χ4v) is 2.48. The summed E-state index contributed by atoms with van der Waals surface area (Å²) in [6.45, 7) is 4.55. The Morgan fingerprint density at radius 2 is 1.94 bits per heavy atom. The fraction of sp³-hybridized carbons (Fsp3) is 0.625. The normalized spacial score (nSPS) is 17.4. The maximum atomic E-state index is 6.15. The van der Waals surface area contributed by atoms with Crippen LogP contribution in [0.4, 0.5) is 0 Å². The molecular weight excluding hydrogens is 206 g/mol. The van der Waals surface area contributed by atoms with Crippen molar-refractivity contribution in [2.45, 2.75) is 52.0 Å². The Labute approximate surface area is 105 Å². The number of nitrogens with two attached hydrogens (primary N) is 1. The minimum atomic E-state index is 0.434. The standard InChI is InChI=1S/C16H25N/c1-12(2)10-14-5-3-4-13(11-14)6-9-16(17)15-7-8-15/h3-5,11-12,15-16H,6-10,17H2,1-2H3. The summed E-state index contributed by atoms with van der Waals surface area (Å²) in [5.74, 6) is 1.56. The quantitative estimate of drug-likeness (QED) is 0.796. The molecule has 1 heteroatoms. The highest BCUT2D eigenvalue weighted by Crippen LogP contribution is 2.33. The van der Waals surface area contributed by atoms with E-state index in [0.29, 0.717) is 6.04 Å². The molecule has 1 aliphatic rings. The molecule has 1 fully saturated rings. The average molecular weight is 231 g/mol. The topological polar surface area (TPSA) is 26.0 Å². The summed E-state index contributed by atoms with van der Waals surface area (Å²) in [6.07, 6.45) is 6.19. The van der Waals surface area contributed by atoms with Crippen LogP contribution in [0.25, 0.3) is 0 Å². The molecule has 0 aromatic heterocycles. The molecule has 0 aliphatic heterocycles. The monoisotopic (exact) mass is 231 g/mol. The van der Waals surface area contributed by atoms with E-state index in [-0.39, 0.29) is 0 Å². The Kier molecular flexibility index (Phi) is 4.22. The van der Waals surface area contributed by atoms with E-state index in [2.05, 4.69) is 38.1 Å². The molecule has 0 spiro atoms. The molecule has 1 aliphatic carbocycles. The van der Waals surface area contributed by atoms with Crippen molar-refractivity contribution >= 4 is 0 Å². The van der Waals surface area contributed by atoms with Crippen LogP contribution in [0.15, 0.2) is 24.3 Å². The molecule has 2 rings (SSSR count). The number of aryl methyl sites for hydroxylation is 1. The third kappa shape index (κ3) is 4.16. The van der Waals surface area contributed by atoms with E-state index in [4.69, 9.17) is 5.73 Å². The number of hydrogen-bond donors (Lipinski definition) is 1. The second kappa shape index (κ2) is 5.68. The van der Waals surface area contributed by atoms with E-state index >= 15 is 0 Å². The van der Waals surface area contributed by atoms with Crippen LogP contribution >= 0.6 is 0 Å². The van der Waals surface area contributed by atoms with Crippen LogP contribution in [-0.2, 0) is 12.8 Å². The highest BCUT2D eigenvalue weighted by atomic mass is 14.7. The first-order valence-corrected chi connectivity index (χ1v) is 6.98. The molecule has 1 aromatic rings. The maximum Gasteiger partial charge on any atom is 0.00703 e. The van der Waals surface area contributed by atoms with E-state index in [0.717, 1.165) is 24.7 Å². The van der Waals surface area contributed by atoms with E-state index < -0.39 is 0 Å². The zero-order chi connectivity index (χ0) is 12.3. The van der Waals surface area contributed by atoms with E-state index in [1.165, 1.54) is 30.4 Å². The van der Waals surface area contributed by atoms with Crippen LogP contribution in [0.1, 0.15) is 44.2 Å².